The van der Waals surface area contributed by atoms with Crippen LogP contribution in [0, 0.1) is 0 Å². The maximum Gasteiger partial charge on any atom is 0.191 e. The predicted octanol–water partition coefficient (Wildman–Crippen LogP) is 1.69. The van der Waals surface area contributed by atoms with E-state index < -0.39 is 0 Å². The van der Waals surface area contributed by atoms with Crippen molar-refractivity contribution < 1.29 is 4.74 Å². The SMILES string of the molecule is CCNC(=NCc1cc(N(C)C)nc2ccccc12)NCCN1CCOCC1. The van der Waals surface area contributed by atoms with E-state index in [0.29, 0.717) is 6.54 Å². The molecule has 0 atom stereocenters. The first-order valence-corrected chi connectivity index (χ1v) is 10.1. The fourth-order valence-corrected chi connectivity index (χ4v) is 3.26. The molecule has 28 heavy (non-hydrogen) atoms. The molecule has 152 valence electrons. The third-order valence-corrected chi connectivity index (χ3v) is 4.82. The predicted molar refractivity (Wildman–Crippen MR) is 116 cm³/mol. The lowest BCUT2D eigenvalue weighted by Crippen LogP contribution is -2.44. The summed E-state index contributed by atoms with van der Waals surface area (Å²) in [5.41, 5.74) is 2.18. The molecular formula is C21H32N6O. The number of guanidine groups is 1. The maximum atomic E-state index is 5.41. The first-order chi connectivity index (χ1) is 13.7. The van der Waals surface area contributed by atoms with E-state index in [-0.39, 0.29) is 0 Å². The van der Waals surface area contributed by atoms with Crippen molar-refractivity contribution in [2.75, 3.05) is 64.9 Å². The van der Waals surface area contributed by atoms with Gasteiger partial charge in [-0.1, -0.05) is 18.2 Å². The van der Waals surface area contributed by atoms with Crippen LogP contribution >= 0.6 is 0 Å². The highest BCUT2D eigenvalue weighted by molar-refractivity contribution is 5.85. The number of nitrogens with zero attached hydrogens (tertiary/aromatic N) is 4. The molecule has 1 fully saturated rings. The lowest BCUT2D eigenvalue weighted by molar-refractivity contribution is 0.0389. The average Bonchev–Trinajstić information content (AvgIpc) is 2.72. The molecule has 0 amide bonds. The van der Waals surface area contributed by atoms with E-state index in [2.05, 4.69) is 46.7 Å². The van der Waals surface area contributed by atoms with Crippen molar-refractivity contribution >= 4 is 22.7 Å². The summed E-state index contributed by atoms with van der Waals surface area (Å²) in [6, 6.07) is 10.4. The molecule has 7 nitrogen and oxygen atoms in total. The van der Waals surface area contributed by atoms with Crippen LogP contribution in [0.3, 0.4) is 0 Å². The Hall–Kier alpha value is -2.38. The lowest BCUT2D eigenvalue weighted by atomic mass is 10.1. The van der Waals surface area contributed by atoms with Gasteiger partial charge in [-0.15, -0.1) is 0 Å². The molecule has 0 radical (unpaired) electrons. The average molecular weight is 385 g/mol. The number of benzene rings is 1. The third kappa shape index (κ3) is 5.56. The molecule has 1 aromatic heterocycles. The summed E-state index contributed by atoms with van der Waals surface area (Å²) in [5, 5.41) is 7.95. The number of hydrogen-bond donors (Lipinski definition) is 2. The van der Waals surface area contributed by atoms with Crippen molar-refractivity contribution in [1.82, 2.24) is 20.5 Å². The number of aromatic nitrogens is 1. The largest absolute Gasteiger partial charge is 0.379 e. The zero-order valence-corrected chi connectivity index (χ0v) is 17.2. The molecule has 3 rings (SSSR count). The number of aliphatic imine (C=N–C) groups is 1. The molecule has 0 bridgehead atoms. The van der Waals surface area contributed by atoms with E-state index in [9.17, 15) is 0 Å². The topological polar surface area (TPSA) is 65.0 Å². The molecule has 0 unspecified atom stereocenters. The molecule has 0 aliphatic carbocycles. The summed E-state index contributed by atoms with van der Waals surface area (Å²) < 4.78 is 5.41. The van der Waals surface area contributed by atoms with Crippen LogP contribution in [0.2, 0.25) is 0 Å². The van der Waals surface area contributed by atoms with Gasteiger partial charge >= 0.3 is 0 Å². The number of pyridine rings is 1. The normalized spacial score (nSPS) is 15.6. The molecule has 1 aliphatic rings. The second-order valence-corrected chi connectivity index (χ2v) is 7.13. The Kier molecular flexibility index (Phi) is 7.45. The molecule has 7 heteroatoms. The van der Waals surface area contributed by atoms with Gasteiger partial charge in [-0.2, -0.15) is 0 Å². The van der Waals surface area contributed by atoms with Crippen LogP contribution in [-0.4, -0.2) is 75.9 Å². The minimum Gasteiger partial charge on any atom is -0.379 e. The van der Waals surface area contributed by atoms with Crippen molar-refractivity contribution in [1.29, 1.82) is 0 Å². The van der Waals surface area contributed by atoms with Gasteiger partial charge in [0.05, 0.1) is 25.3 Å². The number of fused-ring (bicyclic) bond motifs is 1. The molecule has 1 saturated heterocycles. The van der Waals surface area contributed by atoms with Crippen LogP contribution < -0.4 is 15.5 Å². The Morgan fingerprint density at radius 2 is 2.00 bits per heavy atom. The Morgan fingerprint density at radius 1 is 1.21 bits per heavy atom. The van der Waals surface area contributed by atoms with Crippen molar-refractivity contribution in [3.8, 4) is 0 Å². The Morgan fingerprint density at radius 3 is 2.75 bits per heavy atom. The first kappa shape index (κ1) is 20.4. The second kappa shape index (κ2) is 10.2. The lowest BCUT2D eigenvalue weighted by Gasteiger charge is -2.26. The van der Waals surface area contributed by atoms with E-state index in [1.807, 2.05) is 25.1 Å². The quantitative estimate of drug-likeness (QED) is 0.559. The Labute approximate surface area is 167 Å². The van der Waals surface area contributed by atoms with Gasteiger partial charge in [0.25, 0.3) is 0 Å². The van der Waals surface area contributed by atoms with Gasteiger partial charge < -0.3 is 20.3 Å². The number of rotatable bonds is 7. The summed E-state index contributed by atoms with van der Waals surface area (Å²) in [4.78, 5) is 14.0. The molecule has 0 saturated carbocycles. The summed E-state index contributed by atoms with van der Waals surface area (Å²) in [6.07, 6.45) is 0. The number of para-hydroxylation sites is 1. The third-order valence-electron chi connectivity index (χ3n) is 4.82. The molecule has 1 aliphatic heterocycles. The highest BCUT2D eigenvalue weighted by atomic mass is 16.5. The number of morpholine rings is 1. The molecule has 2 heterocycles. The van der Waals surface area contributed by atoms with Gasteiger partial charge in [-0.3, -0.25) is 4.90 Å². The van der Waals surface area contributed by atoms with Crippen LogP contribution in [0.25, 0.3) is 10.9 Å². The fourth-order valence-electron chi connectivity index (χ4n) is 3.26. The molecule has 1 aromatic carbocycles. The summed E-state index contributed by atoms with van der Waals surface area (Å²) in [5.74, 6) is 1.80. The first-order valence-electron chi connectivity index (χ1n) is 10.1. The van der Waals surface area contributed by atoms with Crippen LogP contribution in [0.15, 0.2) is 35.3 Å². The summed E-state index contributed by atoms with van der Waals surface area (Å²) >= 11 is 0. The molecule has 2 aromatic rings. The number of hydrogen-bond acceptors (Lipinski definition) is 5. The van der Waals surface area contributed by atoms with E-state index in [1.165, 1.54) is 5.56 Å². The highest BCUT2D eigenvalue weighted by Gasteiger charge is 2.10. The van der Waals surface area contributed by atoms with Crippen LogP contribution in [-0.2, 0) is 11.3 Å². The fraction of sp³-hybridized carbons (Fsp3) is 0.524. The molecule has 0 spiro atoms. The van der Waals surface area contributed by atoms with Crippen molar-refractivity contribution in [2.24, 2.45) is 4.99 Å². The van der Waals surface area contributed by atoms with Crippen LogP contribution in [0.1, 0.15) is 12.5 Å². The number of ether oxygens (including phenoxy) is 1. The zero-order valence-electron chi connectivity index (χ0n) is 17.2. The van der Waals surface area contributed by atoms with Crippen molar-refractivity contribution in [3.63, 3.8) is 0 Å². The standard InChI is InChI=1S/C21H32N6O/c1-4-22-21(23-9-10-27-11-13-28-14-12-27)24-16-17-15-20(26(2)3)25-19-8-6-5-7-18(17)19/h5-8,15H,4,9-14,16H2,1-3H3,(H2,22,23,24). The van der Waals surface area contributed by atoms with E-state index in [4.69, 9.17) is 14.7 Å². The number of nitrogens with one attached hydrogen (secondary N) is 2. The smallest absolute Gasteiger partial charge is 0.191 e. The summed E-state index contributed by atoms with van der Waals surface area (Å²) in [7, 11) is 4.03. The minimum atomic E-state index is 0.608. The molecular weight excluding hydrogens is 352 g/mol. The minimum absolute atomic E-state index is 0.608. The van der Waals surface area contributed by atoms with Crippen LogP contribution in [0.4, 0.5) is 5.82 Å². The Bertz CT molecular complexity index is 786. The maximum absolute atomic E-state index is 5.41. The molecule has 2 N–H and O–H groups in total. The van der Waals surface area contributed by atoms with Crippen LogP contribution in [0.5, 0.6) is 0 Å². The van der Waals surface area contributed by atoms with E-state index in [0.717, 1.165) is 68.6 Å². The van der Waals surface area contributed by atoms with Crippen molar-refractivity contribution in [3.05, 3.63) is 35.9 Å². The zero-order chi connectivity index (χ0) is 19.8. The van der Waals surface area contributed by atoms with Gasteiger partial charge in [0, 0.05) is 52.2 Å². The van der Waals surface area contributed by atoms with Gasteiger partial charge in [0.1, 0.15) is 5.82 Å². The van der Waals surface area contributed by atoms with Gasteiger partial charge in [-0.05, 0) is 24.6 Å². The van der Waals surface area contributed by atoms with E-state index in [1.54, 1.807) is 0 Å². The number of anilines is 1. The Balaban J connectivity index is 1.69. The highest BCUT2D eigenvalue weighted by Crippen LogP contribution is 2.22. The van der Waals surface area contributed by atoms with Crippen molar-refractivity contribution in [2.45, 2.75) is 13.5 Å². The summed E-state index contributed by atoms with van der Waals surface area (Å²) in [6.45, 7) is 9.07. The second-order valence-electron chi connectivity index (χ2n) is 7.13. The van der Waals surface area contributed by atoms with Gasteiger partial charge in [0.2, 0.25) is 0 Å². The van der Waals surface area contributed by atoms with E-state index >= 15 is 0 Å². The van der Waals surface area contributed by atoms with Gasteiger partial charge in [0.15, 0.2) is 5.96 Å². The van der Waals surface area contributed by atoms with Gasteiger partial charge in [-0.25, -0.2) is 9.98 Å². The monoisotopic (exact) mass is 384 g/mol.